The van der Waals surface area contributed by atoms with Crippen molar-refractivity contribution in [3.8, 4) is 0 Å². The van der Waals surface area contributed by atoms with Crippen molar-refractivity contribution in [2.45, 2.75) is 18.9 Å². The van der Waals surface area contributed by atoms with Gasteiger partial charge in [0.25, 0.3) is 5.91 Å². The predicted octanol–water partition coefficient (Wildman–Crippen LogP) is 2.12. The van der Waals surface area contributed by atoms with Gasteiger partial charge < -0.3 is 10.3 Å². The lowest BCUT2D eigenvalue weighted by atomic mass is 9.93. The van der Waals surface area contributed by atoms with E-state index in [0.717, 1.165) is 18.7 Å². The fourth-order valence-corrected chi connectivity index (χ4v) is 2.69. The summed E-state index contributed by atoms with van der Waals surface area (Å²) in [5.74, 6) is -0.0321. The van der Waals surface area contributed by atoms with Crippen molar-refractivity contribution in [1.82, 2.24) is 4.57 Å². The average Bonchev–Trinajstić information content (AvgIpc) is 2.90. The van der Waals surface area contributed by atoms with Crippen LogP contribution in [-0.2, 0) is 6.54 Å². The molecule has 2 heterocycles. The third-order valence-electron chi connectivity index (χ3n) is 3.46. The minimum absolute atomic E-state index is 0.300. The van der Waals surface area contributed by atoms with E-state index < -0.39 is 0 Å². The maximum atomic E-state index is 11.4. The van der Waals surface area contributed by atoms with E-state index in [-0.39, 0.29) is 5.91 Å². The fourth-order valence-electron chi connectivity index (χ4n) is 2.69. The predicted molar refractivity (Wildman–Crippen MR) is 65.9 cm³/mol. The zero-order valence-electron chi connectivity index (χ0n) is 9.47. The molecule has 2 aromatic rings. The summed E-state index contributed by atoms with van der Waals surface area (Å²) in [6.07, 6.45) is 3.00. The third kappa shape index (κ3) is 1.55. The first-order valence-corrected chi connectivity index (χ1v) is 5.81. The molecule has 3 nitrogen and oxygen atoms in total. The molecule has 1 aliphatic rings. The maximum Gasteiger partial charge on any atom is 0.250 e. The van der Waals surface area contributed by atoms with Crippen LogP contribution in [0.1, 0.15) is 34.0 Å². The van der Waals surface area contributed by atoms with Crippen LogP contribution in [0.25, 0.3) is 0 Å². The molecule has 1 aliphatic heterocycles. The van der Waals surface area contributed by atoms with Gasteiger partial charge in [-0.15, -0.1) is 0 Å². The highest BCUT2D eigenvalue weighted by Crippen LogP contribution is 2.36. The molecule has 0 radical (unpaired) electrons. The lowest BCUT2D eigenvalue weighted by Gasteiger charge is -2.11. The van der Waals surface area contributed by atoms with Crippen LogP contribution in [-0.4, -0.2) is 10.5 Å². The molecular formula is C14H14N2O. The molecule has 0 spiro atoms. The molecule has 1 amide bonds. The van der Waals surface area contributed by atoms with Gasteiger partial charge in [-0.3, -0.25) is 4.79 Å². The highest BCUT2D eigenvalue weighted by atomic mass is 16.1. The number of rotatable bonds is 2. The Bertz CT molecular complexity index is 557. The number of hydrogen-bond donors (Lipinski definition) is 1. The van der Waals surface area contributed by atoms with E-state index in [1.807, 2.05) is 30.5 Å². The minimum Gasteiger partial charge on any atom is -0.366 e. The molecule has 0 saturated heterocycles. The zero-order valence-corrected chi connectivity index (χ0v) is 9.47. The number of nitrogens with zero attached hydrogens (tertiary/aromatic N) is 1. The normalized spacial score (nSPS) is 18.0. The van der Waals surface area contributed by atoms with Crippen molar-refractivity contribution in [1.29, 1.82) is 0 Å². The summed E-state index contributed by atoms with van der Waals surface area (Å²) in [5.41, 5.74) is 8.41. The average molecular weight is 226 g/mol. The van der Waals surface area contributed by atoms with Gasteiger partial charge in [0.15, 0.2) is 0 Å². The Hall–Kier alpha value is -2.03. The van der Waals surface area contributed by atoms with Gasteiger partial charge in [-0.25, -0.2) is 0 Å². The first kappa shape index (κ1) is 10.1. The van der Waals surface area contributed by atoms with E-state index in [4.69, 9.17) is 5.73 Å². The minimum atomic E-state index is -0.332. The Morgan fingerprint density at radius 3 is 2.71 bits per heavy atom. The quantitative estimate of drug-likeness (QED) is 0.837. The first-order chi connectivity index (χ1) is 8.27. The van der Waals surface area contributed by atoms with Gasteiger partial charge in [-0.2, -0.15) is 0 Å². The van der Waals surface area contributed by atoms with Crippen LogP contribution in [0.5, 0.6) is 0 Å². The summed E-state index contributed by atoms with van der Waals surface area (Å²) in [4.78, 5) is 11.4. The van der Waals surface area contributed by atoms with Crippen molar-refractivity contribution in [3.05, 3.63) is 59.4 Å². The lowest BCUT2D eigenvalue weighted by molar-refractivity contribution is 0.0999. The Kier molecular flexibility index (Phi) is 2.25. The molecule has 1 aromatic carbocycles. The zero-order chi connectivity index (χ0) is 11.8. The van der Waals surface area contributed by atoms with E-state index in [1.54, 1.807) is 0 Å². The Labute approximate surface area is 99.9 Å². The fraction of sp³-hybridized carbons (Fsp3) is 0.214. The molecular weight excluding hydrogens is 212 g/mol. The van der Waals surface area contributed by atoms with Crippen molar-refractivity contribution < 1.29 is 4.79 Å². The molecule has 1 unspecified atom stereocenters. The van der Waals surface area contributed by atoms with Crippen LogP contribution < -0.4 is 5.73 Å². The van der Waals surface area contributed by atoms with Crippen LogP contribution in [0, 0.1) is 0 Å². The van der Waals surface area contributed by atoms with Crippen molar-refractivity contribution in [3.63, 3.8) is 0 Å². The van der Waals surface area contributed by atoms with E-state index in [1.165, 1.54) is 5.56 Å². The number of carbonyl (C=O) groups excluding carboxylic acids is 1. The summed E-state index contributed by atoms with van der Waals surface area (Å²) >= 11 is 0. The highest BCUT2D eigenvalue weighted by molar-refractivity contribution is 5.94. The summed E-state index contributed by atoms with van der Waals surface area (Å²) in [6, 6.07) is 12.1. The SMILES string of the molecule is NC(=O)c1ccn2c1C(c1ccccc1)CC2. The van der Waals surface area contributed by atoms with E-state index in [9.17, 15) is 4.79 Å². The van der Waals surface area contributed by atoms with Crippen molar-refractivity contribution in [2.75, 3.05) is 0 Å². The first-order valence-electron chi connectivity index (χ1n) is 5.81. The number of benzene rings is 1. The van der Waals surface area contributed by atoms with Gasteiger partial charge >= 0.3 is 0 Å². The summed E-state index contributed by atoms with van der Waals surface area (Å²) in [7, 11) is 0. The van der Waals surface area contributed by atoms with Gasteiger partial charge in [0, 0.05) is 24.4 Å². The monoisotopic (exact) mass is 226 g/mol. The Morgan fingerprint density at radius 1 is 1.24 bits per heavy atom. The second kappa shape index (κ2) is 3.77. The summed E-state index contributed by atoms with van der Waals surface area (Å²) in [6.45, 7) is 0.960. The van der Waals surface area contributed by atoms with E-state index >= 15 is 0 Å². The van der Waals surface area contributed by atoms with Crippen molar-refractivity contribution in [2.24, 2.45) is 5.73 Å². The second-order valence-electron chi connectivity index (χ2n) is 4.42. The largest absolute Gasteiger partial charge is 0.366 e. The molecule has 0 bridgehead atoms. The maximum absolute atomic E-state index is 11.4. The molecule has 1 atom stereocenters. The second-order valence-corrected chi connectivity index (χ2v) is 4.42. The summed E-state index contributed by atoms with van der Waals surface area (Å²) in [5, 5.41) is 0. The van der Waals surface area contributed by atoms with Crippen LogP contribution in [0.2, 0.25) is 0 Å². The van der Waals surface area contributed by atoms with E-state index in [0.29, 0.717) is 11.5 Å². The number of aromatic nitrogens is 1. The van der Waals surface area contributed by atoms with Crippen molar-refractivity contribution >= 4 is 5.91 Å². The molecule has 0 aliphatic carbocycles. The van der Waals surface area contributed by atoms with Crippen LogP contribution in [0.4, 0.5) is 0 Å². The number of hydrogen-bond acceptors (Lipinski definition) is 1. The molecule has 0 fully saturated rings. The number of nitrogens with two attached hydrogens (primary N) is 1. The smallest absolute Gasteiger partial charge is 0.250 e. The van der Waals surface area contributed by atoms with Crippen LogP contribution in [0.15, 0.2) is 42.6 Å². The Morgan fingerprint density at radius 2 is 2.00 bits per heavy atom. The number of carbonyl (C=O) groups is 1. The molecule has 86 valence electrons. The molecule has 1 aromatic heterocycles. The topological polar surface area (TPSA) is 48.0 Å². The highest BCUT2D eigenvalue weighted by Gasteiger charge is 2.28. The number of primary amides is 1. The lowest BCUT2D eigenvalue weighted by Crippen LogP contribution is -2.14. The van der Waals surface area contributed by atoms with Crippen LogP contribution in [0.3, 0.4) is 0 Å². The summed E-state index contributed by atoms with van der Waals surface area (Å²) < 4.78 is 2.14. The molecule has 2 N–H and O–H groups in total. The van der Waals surface area contributed by atoms with Gasteiger partial charge in [0.2, 0.25) is 0 Å². The van der Waals surface area contributed by atoms with Gasteiger partial charge in [-0.1, -0.05) is 30.3 Å². The molecule has 3 rings (SSSR count). The van der Waals surface area contributed by atoms with Crippen LogP contribution >= 0.6 is 0 Å². The number of aryl methyl sites for hydroxylation is 1. The van der Waals surface area contributed by atoms with Gasteiger partial charge in [-0.05, 0) is 18.1 Å². The van der Waals surface area contributed by atoms with Gasteiger partial charge in [0.1, 0.15) is 0 Å². The third-order valence-corrected chi connectivity index (χ3v) is 3.46. The standard InChI is InChI=1S/C14H14N2O/c15-14(17)12-7-9-16-8-6-11(13(12)16)10-4-2-1-3-5-10/h1-5,7,9,11H,6,8H2,(H2,15,17). The molecule has 0 saturated carbocycles. The van der Waals surface area contributed by atoms with E-state index in [2.05, 4.69) is 16.7 Å². The molecule has 17 heavy (non-hydrogen) atoms. The number of fused-ring (bicyclic) bond motifs is 1. The number of amides is 1. The Balaban J connectivity index is 2.09. The molecule has 3 heteroatoms. The van der Waals surface area contributed by atoms with Gasteiger partial charge in [0.05, 0.1) is 5.56 Å².